The summed E-state index contributed by atoms with van der Waals surface area (Å²) >= 11 is 0.0682. The van der Waals surface area contributed by atoms with Crippen LogP contribution in [0.1, 0.15) is 162 Å². The number of alkyl halides is 1. The second-order valence-corrected chi connectivity index (χ2v) is 21.6. The first kappa shape index (κ1) is 71.0. The van der Waals surface area contributed by atoms with E-state index in [0.29, 0.717) is 67.8 Å². The number of hydrogen-bond acceptors (Lipinski definition) is 17. The molecule has 76 heavy (non-hydrogen) atoms. The Morgan fingerprint density at radius 2 is 0.816 bits per heavy atom. The molecule has 2 amide bonds. The van der Waals surface area contributed by atoms with E-state index >= 15 is 0 Å². The van der Waals surface area contributed by atoms with Gasteiger partial charge in [-0.05, 0) is 184 Å². The van der Waals surface area contributed by atoms with Crippen LogP contribution in [0, 0.1) is 35.1 Å². The zero-order valence-electron chi connectivity index (χ0n) is 47.6. The molecule has 0 aliphatic heterocycles. The van der Waals surface area contributed by atoms with Gasteiger partial charge in [-0.25, -0.2) is 17.6 Å². The number of carbonyl (C=O) groups is 4. The fraction of sp³-hybridized carbons (Fsp3) is 0.725. The summed E-state index contributed by atoms with van der Waals surface area (Å²) < 4.78 is 69.7. The molecule has 0 saturated carbocycles. The summed E-state index contributed by atoms with van der Waals surface area (Å²) in [6, 6.07) is 0.0723. The summed E-state index contributed by atoms with van der Waals surface area (Å²) in [5.74, 6) is -7.27. The summed E-state index contributed by atoms with van der Waals surface area (Å²) in [4.78, 5) is 45.8. The van der Waals surface area contributed by atoms with Gasteiger partial charge in [-0.3, -0.25) is 23.6 Å². The van der Waals surface area contributed by atoms with Crippen molar-refractivity contribution in [2.24, 2.45) is 32.5 Å². The van der Waals surface area contributed by atoms with Crippen LogP contribution in [-0.2, 0) is 19.2 Å². The van der Waals surface area contributed by atoms with Crippen molar-refractivity contribution in [3.8, 4) is 0 Å². The van der Waals surface area contributed by atoms with Crippen LogP contribution in [0.4, 0.5) is 22.0 Å². The van der Waals surface area contributed by atoms with Crippen molar-refractivity contribution in [1.82, 2.24) is 31.9 Å². The monoisotopic (exact) mass is 1110 g/mol. The van der Waals surface area contributed by atoms with E-state index in [-0.39, 0.29) is 67.7 Å². The molecule has 0 aliphatic rings. The maximum absolute atomic E-state index is 13.8. The standard InChI is InChI=1S/C28H43F4N5O4S.C22H43N5O5.CH3F/c1-17(36-40)27(3,4)34-14-11-19(12-15-35-28(5,6)18(2)37-41)10-13-33-22(38)8-7-9-23(39)42-26-24(31)20(29)16-21(30)25(26)32;1-16(26-31)21(3,4)24-14-11-18(12-15-25-22(5,6)17(2)27-32)10-13-23-19(28)8-7-9-20(29)30;1-2/h16,19,34-35,40-41H,7-15H2,1-6H3,(H,33,38);18,24-25,31-32H,7-15H2,1-6H3,(H,23,28)(H,29,30);1H3/b36-17-,37-18-;26-16-,27-17-;/i;;1D. The minimum Gasteiger partial charge on any atom is -0.481 e. The van der Waals surface area contributed by atoms with Crippen molar-refractivity contribution in [1.29, 1.82) is 0 Å². The number of halogens is 5. The third-order valence-electron chi connectivity index (χ3n) is 13.3. The summed E-state index contributed by atoms with van der Waals surface area (Å²) in [5.41, 5.74) is 0.443. The minimum atomic E-state index is -1.63. The normalized spacial score (nSPS) is 13.9. The Bertz CT molecular complexity index is 1990. The Hall–Kier alpha value is -4.98. The molecule has 0 atom stereocenters. The summed E-state index contributed by atoms with van der Waals surface area (Å²) in [7, 11) is -1.00. The Balaban J connectivity index is 0. The molecule has 0 saturated heterocycles. The molecule has 1 rings (SSSR count). The van der Waals surface area contributed by atoms with Crippen molar-refractivity contribution in [3.63, 3.8) is 0 Å². The van der Waals surface area contributed by atoms with Crippen LogP contribution < -0.4 is 31.9 Å². The smallest absolute Gasteiger partial charge is 0.303 e. The first-order valence-electron chi connectivity index (χ1n) is 25.9. The van der Waals surface area contributed by atoms with Gasteiger partial charge in [-0.2, -0.15) is 0 Å². The van der Waals surface area contributed by atoms with Crippen molar-refractivity contribution in [2.45, 2.75) is 187 Å². The topological polar surface area (TPSA) is 291 Å². The lowest BCUT2D eigenvalue weighted by atomic mass is 9.94. The molecule has 1 aromatic carbocycles. The molecule has 0 fully saturated rings. The lowest BCUT2D eigenvalue weighted by Gasteiger charge is -2.28. The number of thioether (sulfide) groups is 1. The van der Waals surface area contributed by atoms with E-state index in [1.54, 1.807) is 27.7 Å². The number of hydrogen-bond donors (Lipinski definition) is 11. The number of benzene rings is 1. The number of aliphatic carboxylic acids is 1. The number of carboxylic acids is 1. The summed E-state index contributed by atoms with van der Waals surface area (Å²) in [6.45, 7) is 26.0. The zero-order valence-corrected chi connectivity index (χ0v) is 47.4. The van der Waals surface area contributed by atoms with Gasteiger partial charge in [0, 0.05) is 44.8 Å². The van der Waals surface area contributed by atoms with Gasteiger partial charge in [0.25, 0.3) is 0 Å². The van der Waals surface area contributed by atoms with Gasteiger partial charge in [-0.1, -0.05) is 20.6 Å². The van der Waals surface area contributed by atoms with Crippen molar-refractivity contribution < 1.29 is 68.4 Å². The molecule has 0 radical (unpaired) electrons. The van der Waals surface area contributed by atoms with Gasteiger partial charge in [0.1, 0.15) is 0 Å². The molecule has 0 bridgehead atoms. The molecular weight excluding hydrogens is 1020 g/mol. The van der Waals surface area contributed by atoms with Gasteiger partial charge in [-0.15, -0.1) is 0 Å². The molecular formula is C51H89F5N10O9S. The van der Waals surface area contributed by atoms with Crippen molar-refractivity contribution >= 4 is 57.5 Å². The number of nitrogens with one attached hydrogen (secondary N) is 6. The van der Waals surface area contributed by atoms with E-state index in [4.69, 9.17) is 27.3 Å². The lowest BCUT2D eigenvalue weighted by molar-refractivity contribution is -0.137. The molecule has 1 aromatic rings. The SMILES string of the molecule is C/C(=N/O)C(C)(C)NCCC(CCNC(=O)CCCC(=O)O)CCNC(C)(C)/C(C)=N\O.C/C(=N/O)C(C)(C)NCCC(CCNC(=O)CCCC(=O)Sc1c(F)c(F)cc(F)c1F)CCNC(C)(C)/C(C)=N\O.[2H]CF. The Kier molecular flexibility index (Phi) is 35.3. The van der Waals surface area contributed by atoms with Gasteiger partial charge < -0.3 is 57.8 Å². The highest BCUT2D eigenvalue weighted by molar-refractivity contribution is 8.13. The molecule has 0 unspecified atom stereocenters. The quantitative estimate of drug-likeness (QED) is 0.00759. The Labute approximate surface area is 452 Å². The molecule has 0 aliphatic carbocycles. The van der Waals surface area contributed by atoms with Crippen molar-refractivity contribution in [2.75, 3.05) is 46.4 Å². The van der Waals surface area contributed by atoms with E-state index in [2.05, 4.69) is 52.5 Å². The third-order valence-corrected chi connectivity index (χ3v) is 14.3. The van der Waals surface area contributed by atoms with Crippen LogP contribution in [0.2, 0.25) is 0 Å². The van der Waals surface area contributed by atoms with Gasteiger partial charge in [0.15, 0.2) is 28.4 Å². The first-order chi connectivity index (χ1) is 35.8. The number of oxime groups is 4. The first-order valence-corrected chi connectivity index (χ1v) is 26.0. The van der Waals surface area contributed by atoms with Crippen LogP contribution in [0.15, 0.2) is 31.6 Å². The highest BCUT2D eigenvalue weighted by Gasteiger charge is 2.27. The van der Waals surface area contributed by atoms with Crippen molar-refractivity contribution in [3.05, 3.63) is 29.3 Å². The number of carbonyl (C=O) groups excluding carboxylic acids is 3. The van der Waals surface area contributed by atoms with Crippen LogP contribution in [-0.4, -0.2) is 140 Å². The molecule has 438 valence electrons. The molecule has 19 nitrogen and oxygen atoms in total. The second-order valence-electron chi connectivity index (χ2n) is 20.5. The van der Waals surface area contributed by atoms with E-state index in [0.717, 1.165) is 45.2 Å². The lowest BCUT2D eigenvalue weighted by Crippen LogP contribution is -2.47. The number of amides is 2. The molecule has 0 aromatic heterocycles. The highest BCUT2D eigenvalue weighted by Crippen LogP contribution is 2.30. The fourth-order valence-corrected chi connectivity index (χ4v) is 7.69. The third kappa shape index (κ3) is 30.1. The van der Waals surface area contributed by atoms with Crippen LogP contribution in [0.5, 0.6) is 0 Å². The van der Waals surface area contributed by atoms with Gasteiger partial charge >= 0.3 is 5.97 Å². The highest BCUT2D eigenvalue weighted by atomic mass is 32.2. The van der Waals surface area contributed by atoms with Crippen LogP contribution in [0.3, 0.4) is 0 Å². The predicted octanol–water partition coefficient (Wildman–Crippen LogP) is 8.54. The van der Waals surface area contributed by atoms with Gasteiger partial charge in [0.2, 0.25) is 11.8 Å². The Morgan fingerprint density at radius 1 is 0.539 bits per heavy atom. The summed E-state index contributed by atoms with van der Waals surface area (Å²) in [6.07, 6.45) is 5.13. The zero-order chi connectivity index (χ0) is 59.6. The second kappa shape index (κ2) is 37.7. The number of nitrogens with zero attached hydrogens (tertiary/aromatic N) is 4. The molecule has 25 heteroatoms. The van der Waals surface area contributed by atoms with E-state index in [1.807, 2.05) is 55.4 Å². The van der Waals surface area contributed by atoms with Crippen LogP contribution in [0.25, 0.3) is 0 Å². The minimum absolute atomic E-state index is 0.00786. The van der Waals surface area contributed by atoms with E-state index in [1.165, 1.54) is 0 Å². The van der Waals surface area contributed by atoms with Crippen LogP contribution >= 0.6 is 11.8 Å². The van der Waals surface area contributed by atoms with Gasteiger partial charge in [0.05, 0.1) is 58.4 Å². The molecule has 11 N–H and O–H groups in total. The average Bonchev–Trinajstić information content (AvgIpc) is 3.35. The largest absolute Gasteiger partial charge is 0.481 e. The summed E-state index contributed by atoms with van der Waals surface area (Å²) in [5, 5.41) is 76.6. The predicted molar refractivity (Wildman–Crippen MR) is 288 cm³/mol. The molecule has 0 heterocycles. The number of rotatable bonds is 35. The average molecular weight is 1110 g/mol. The Morgan fingerprint density at radius 3 is 1.09 bits per heavy atom. The molecule has 0 spiro atoms. The maximum Gasteiger partial charge on any atom is 0.303 e. The number of carboxylic acid groups (broad SMARTS) is 1. The fourth-order valence-electron chi connectivity index (χ4n) is 6.84. The van der Waals surface area contributed by atoms with E-state index < -0.39 is 68.6 Å². The van der Waals surface area contributed by atoms with E-state index in [9.17, 15) is 41.1 Å². The maximum atomic E-state index is 13.8.